The van der Waals surface area contributed by atoms with Gasteiger partial charge in [-0.05, 0) is 24.6 Å². The largest absolute Gasteiger partial charge is 0.394 e. The van der Waals surface area contributed by atoms with Crippen LogP contribution in [0, 0.1) is 5.82 Å². The molecule has 0 saturated heterocycles. The third-order valence-electron chi connectivity index (χ3n) is 2.30. The molecule has 0 bridgehead atoms. The first-order valence-electron chi connectivity index (χ1n) is 5.41. The van der Waals surface area contributed by atoms with Gasteiger partial charge < -0.3 is 15.2 Å². The lowest BCUT2D eigenvalue weighted by Gasteiger charge is -2.14. The topological polar surface area (TPSA) is 41.5 Å². The van der Waals surface area contributed by atoms with E-state index in [1.807, 2.05) is 6.92 Å². The summed E-state index contributed by atoms with van der Waals surface area (Å²) in [7, 11) is 0. The second-order valence-electron chi connectivity index (χ2n) is 3.56. The van der Waals surface area contributed by atoms with Crippen LogP contribution >= 0.6 is 0 Å². The summed E-state index contributed by atoms with van der Waals surface area (Å²) in [4.78, 5) is 0. The van der Waals surface area contributed by atoms with Crippen molar-refractivity contribution in [1.29, 1.82) is 0 Å². The molecule has 1 atom stereocenters. The Labute approximate surface area is 95.2 Å². The Balaban J connectivity index is 2.24. The maximum absolute atomic E-state index is 12.7. The molecule has 1 aromatic rings. The first-order chi connectivity index (χ1) is 7.74. The Morgan fingerprint density at radius 3 is 2.62 bits per heavy atom. The highest BCUT2D eigenvalue weighted by molar-refractivity contribution is 5.19. The number of halogens is 1. The molecule has 0 aromatic heterocycles. The fraction of sp³-hybridized carbons (Fsp3) is 0.500. The van der Waals surface area contributed by atoms with Crippen LogP contribution in [0.15, 0.2) is 24.3 Å². The Bertz CT molecular complexity index is 290. The number of benzene rings is 1. The van der Waals surface area contributed by atoms with E-state index in [0.717, 1.165) is 5.56 Å². The van der Waals surface area contributed by atoms with Crippen LogP contribution in [0.1, 0.15) is 18.5 Å². The number of aliphatic hydroxyl groups is 1. The van der Waals surface area contributed by atoms with Crippen molar-refractivity contribution in [3.8, 4) is 0 Å². The van der Waals surface area contributed by atoms with E-state index in [-0.39, 0.29) is 18.5 Å². The van der Waals surface area contributed by atoms with E-state index in [1.165, 1.54) is 12.1 Å². The molecule has 3 nitrogen and oxygen atoms in total. The van der Waals surface area contributed by atoms with E-state index in [1.54, 1.807) is 12.1 Å². The second-order valence-corrected chi connectivity index (χ2v) is 3.56. The average Bonchev–Trinajstić information content (AvgIpc) is 2.29. The molecule has 1 aromatic carbocycles. The van der Waals surface area contributed by atoms with Crippen LogP contribution in [-0.4, -0.2) is 31.5 Å². The van der Waals surface area contributed by atoms with Crippen molar-refractivity contribution in [2.45, 2.75) is 13.0 Å². The number of nitrogens with one attached hydrogen (secondary N) is 1. The summed E-state index contributed by atoms with van der Waals surface area (Å²) in [5.74, 6) is -0.220. The molecule has 4 heteroatoms. The fourth-order valence-electron chi connectivity index (χ4n) is 1.38. The molecule has 90 valence electrons. The van der Waals surface area contributed by atoms with Crippen molar-refractivity contribution < 1.29 is 14.2 Å². The molecule has 0 saturated carbocycles. The van der Waals surface area contributed by atoms with Crippen molar-refractivity contribution in [1.82, 2.24) is 5.32 Å². The summed E-state index contributed by atoms with van der Waals surface area (Å²) in [6.45, 7) is 3.70. The Morgan fingerprint density at radius 1 is 1.31 bits per heavy atom. The third kappa shape index (κ3) is 4.70. The van der Waals surface area contributed by atoms with Gasteiger partial charge in [0.25, 0.3) is 0 Å². The lowest BCUT2D eigenvalue weighted by atomic mass is 10.1. The summed E-state index contributed by atoms with van der Waals surface area (Å²) in [5.41, 5.74) is 1.04. The van der Waals surface area contributed by atoms with Crippen molar-refractivity contribution >= 4 is 0 Å². The minimum absolute atomic E-state index is 0.0491. The molecular weight excluding hydrogens is 209 g/mol. The lowest BCUT2D eigenvalue weighted by Crippen LogP contribution is -2.23. The van der Waals surface area contributed by atoms with Crippen LogP contribution in [0.2, 0.25) is 0 Å². The Morgan fingerprint density at radius 2 is 2.00 bits per heavy atom. The number of rotatable bonds is 7. The number of hydrogen-bond acceptors (Lipinski definition) is 3. The molecule has 0 amide bonds. The van der Waals surface area contributed by atoms with E-state index in [0.29, 0.717) is 19.8 Å². The average molecular weight is 227 g/mol. The number of aliphatic hydroxyl groups excluding tert-OH is 1. The maximum atomic E-state index is 12.7. The van der Waals surface area contributed by atoms with Gasteiger partial charge in [0.2, 0.25) is 0 Å². The monoisotopic (exact) mass is 227 g/mol. The smallest absolute Gasteiger partial charge is 0.123 e. The van der Waals surface area contributed by atoms with Crippen molar-refractivity contribution in [3.63, 3.8) is 0 Å². The molecule has 0 radical (unpaired) electrons. The van der Waals surface area contributed by atoms with Gasteiger partial charge in [-0.2, -0.15) is 0 Å². The quantitative estimate of drug-likeness (QED) is 0.693. The molecule has 0 aliphatic heterocycles. The molecule has 0 spiro atoms. The van der Waals surface area contributed by atoms with Gasteiger partial charge in [0, 0.05) is 12.6 Å². The molecule has 0 heterocycles. The lowest BCUT2D eigenvalue weighted by molar-refractivity contribution is 0.0928. The molecule has 1 rings (SSSR count). The standard InChI is InChI=1S/C12H18FNO2/c1-10(14-6-8-16-9-7-15)11-2-4-12(13)5-3-11/h2-5,10,14-15H,6-9H2,1H3/t10-/m0/s1. The van der Waals surface area contributed by atoms with Crippen molar-refractivity contribution in [2.24, 2.45) is 0 Å². The molecule has 0 aliphatic rings. The summed E-state index contributed by atoms with van der Waals surface area (Å²) < 4.78 is 17.8. The van der Waals surface area contributed by atoms with E-state index in [2.05, 4.69) is 5.32 Å². The Kier molecular flexibility index (Phi) is 6.00. The van der Waals surface area contributed by atoms with Gasteiger partial charge in [0.1, 0.15) is 5.82 Å². The third-order valence-corrected chi connectivity index (χ3v) is 2.30. The van der Waals surface area contributed by atoms with Gasteiger partial charge in [-0.25, -0.2) is 4.39 Å². The minimum atomic E-state index is -0.220. The van der Waals surface area contributed by atoms with Crippen LogP contribution in [0.25, 0.3) is 0 Å². The number of hydrogen-bond donors (Lipinski definition) is 2. The van der Waals surface area contributed by atoms with Crippen LogP contribution in [-0.2, 0) is 4.74 Å². The van der Waals surface area contributed by atoms with E-state index >= 15 is 0 Å². The van der Waals surface area contributed by atoms with Gasteiger partial charge in [-0.1, -0.05) is 12.1 Å². The summed E-state index contributed by atoms with van der Waals surface area (Å²) in [6, 6.07) is 6.60. The summed E-state index contributed by atoms with van der Waals surface area (Å²) in [6.07, 6.45) is 0. The van der Waals surface area contributed by atoms with Crippen LogP contribution in [0.5, 0.6) is 0 Å². The normalized spacial score (nSPS) is 12.7. The highest BCUT2D eigenvalue weighted by Gasteiger charge is 2.03. The predicted molar refractivity (Wildman–Crippen MR) is 60.7 cm³/mol. The highest BCUT2D eigenvalue weighted by atomic mass is 19.1. The maximum Gasteiger partial charge on any atom is 0.123 e. The van der Waals surface area contributed by atoms with E-state index < -0.39 is 0 Å². The predicted octanol–water partition coefficient (Wildman–Crippen LogP) is 1.49. The SMILES string of the molecule is C[C@H](NCCOCCO)c1ccc(F)cc1. The first kappa shape index (κ1) is 13.1. The van der Waals surface area contributed by atoms with Crippen molar-refractivity contribution in [3.05, 3.63) is 35.6 Å². The van der Waals surface area contributed by atoms with Crippen LogP contribution in [0.3, 0.4) is 0 Å². The molecule has 0 aliphatic carbocycles. The van der Waals surface area contributed by atoms with Gasteiger partial charge in [-0.15, -0.1) is 0 Å². The summed E-state index contributed by atoms with van der Waals surface area (Å²) in [5, 5.41) is 11.7. The van der Waals surface area contributed by atoms with Gasteiger partial charge in [0.05, 0.1) is 19.8 Å². The van der Waals surface area contributed by atoms with E-state index in [4.69, 9.17) is 9.84 Å². The zero-order chi connectivity index (χ0) is 11.8. The van der Waals surface area contributed by atoms with Gasteiger partial charge in [0.15, 0.2) is 0 Å². The minimum Gasteiger partial charge on any atom is -0.394 e. The van der Waals surface area contributed by atoms with Gasteiger partial charge in [-0.3, -0.25) is 0 Å². The summed E-state index contributed by atoms with van der Waals surface area (Å²) >= 11 is 0. The number of ether oxygens (including phenoxy) is 1. The van der Waals surface area contributed by atoms with Crippen molar-refractivity contribution in [2.75, 3.05) is 26.4 Å². The van der Waals surface area contributed by atoms with Crippen LogP contribution in [0.4, 0.5) is 4.39 Å². The van der Waals surface area contributed by atoms with E-state index in [9.17, 15) is 4.39 Å². The molecular formula is C12H18FNO2. The fourth-order valence-corrected chi connectivity index (χ4v) is 1.38. The zero-order valence-electron chi connectivity index (χ0n) is 9.45. The molecule has 2 N–H and O–H groups in total. The van der Waals surface area contributed by atoms with Gasteiger partial charge >= 0.3 is 0 Å². The highest BCUT2D eigenvalue weighted by Crippen LogP contribution is 2.12. The molecule has 16 heavy (non-hydrogen) atoms. The Hall–Kier alpha value is -0.970. The zero-order valence-corrected chi connectivity index (χ0v) is 9.45. The first-order valence-corrected chi connectivity index (χ1v) is 5.41. The second kappa shape index (κ2) is 7.33. The molecule has 0 fully saturated rings. The van der Waals surface area contributed by atoms with Crippen LogP contribution < -0.4 is 5.32 Å². The molecule has 0 unspecified atom stereocenters.